The van der Waals surface area contributed by atoms with E-state index in [1.165, 1.54) is 12.8 Å². The minimum atomic E-state index is 0. The molecule has 7 heteroatoms. The molecule has 0 saturated carbocycles. The summed E-state index contributed by atoms with van der Waals surface area (Å²) in [5, 5.41) is 4.76. The van der Waals surface area contributed by atoms with E-state index in [1.54, 1.807) is 0 Å². The van der Waals surface area contributed by atoms with Crippen LogP contribution in [-0.2, 0) is 6.54 Å². The largest absolute Gasteiger partial charge is 0.338 e. The highest BCUT2D eigenvalue weighted by molar-refractivity contribution is 6.30. The SMILES string of the molecule is Cl.NCCC1CCCN(Cc2nc(-c3ccc(Cl)cc3)no2)C1. The van der Waals surface area contributed by atoms with Gasteiger partial charge in [-0.25, -0.2) is 0 Å². The van der Waals surface area contributed by atoms with Gasteiger partial charge in [0, 0.05) is 17.1 Å². The Labute approximate surface area is 147 Å². The second kappa shape index (κ2) is 8.64. The van der Waals surface area contributed by atoms with Crippen molar-refractivity contribution in [2.45, 2.75) is 25.8 Å². The van der Waals surface area contributed by atoms with Crippen LogP contribution in [0.3, 0.4) is 0 Å². The Morgan fingerprint density at radius 2 is 2.09 bits per heavy atom. The number of nitrogens with two attached hydrogens (primary N) is 1. The van der Waals surface area contributed by atoms with Crippen LogP contribution in [-0.4, -0.2) is 34.7 Å². The van der Waals surface area contributed by atoms with Gasteiger partial charge in [0.15, 0.2) is 0 Å². The molecule has 1 aromatic carbocycles. The molecule has 0 bridgehead atoms. The Bertz CT molecular complexity index is 600. The van der Waals surface area contributed by atoms with Gasteiger partial charge in [0.25, 0.3) is 0 Å². The topological polar surface area (TPSA) is 68.2 Å². The number of likely N-dealkylation sites (tertiary alicyclic amines) is 1. The third-order valence-electron chi connectivity index (χ3n) is 4.11. The fourth-order valence-electron chi connectivity index (χ4n) is 2.99. The van der Waals surface area contributed by atoms with Crippen LogP contribution in [0, 0.1) is 5.92 Å². The molecule has 2 aromatic rings. The molecular weight excluding hydrogens is 335 g/mol. The molecule has 23 heavy (non-hydrogen) atoms. The van der Waals surface area contributed by atoms with Gasteiger partial charge in [-0.15, -0.1) is 12.4 Å². The van der Waals surface area contributed by atoms with Crippen LogP contribution in [0.15, 0.2) is 28.8 Å². The molecule has 2 heterocycles. The number of piperidine rings is 1. The van der Waals surface area contributed by atoms with Crippen molar-refractivity contribution < 1.29 is 4.52 Å². The van der Waals surface area contributed by atoms with Crippen LogP contribution in [0.5, 0.6) is 0 Å². The summed E-state index contributed by atoms with van der Waals surface area (Å²) in [6.45, 7) is 3.62. The number of hydrogen-bond acceptors (Lipinski definition) is 5. The average Bonchev–Trinajstić information content (AvgIpc) is 2.97. The van der Waals surface area contributed by atoms with Crippen molar-refractivity contribution in [1.82, 2.24) is 15.0 Å². The van der Waals surface area contributed by atoms with Crippen molar-refractivity contribution in [2.24, 2.45) is 11.7 Å². The zero-order valence-corrected chi connectivity index (χ0v) is 14.5. The van der Waals surface area contributed by atoms with Crippen molar-refractivity contribution >= 4 is 24.0 Å². The van der Waals surface area contributed by atoms with Crippen molar-refractivity contribution in [1.29, 1.82) is 0 Å². The lowest BCUT2D eigenvalue weighted by molar-refractivity contribution is 0.146. The van der Waals surface area contributed by atoms with Gasteiger partial charge in [0.1, 0.15) is 0 Å². The molecule has 0 amide bonds. The van der Waals surface area contributed by atoms with E-state index in [2.05, 4.69) is 15.0 Å². The zero-order valence-electron chi connectivity index (χ0n) is 12.9. The number of benzene rings is 1. The van der Waals surface area contributed by atoms with Gasteiger partial charge in [-0.2, -0.15) is 4.98 Å². The van der Waals surface area contributed by atoms with Gasteiger partial charge in [0.2, 0.25) is 11.7 Å². The molecule has 1 unspecified atom stereocenters. The van der Waals surface area contributed by atoms with E-state index in [0.29, 0.717) is 29.2 Å². The molecule has 1 saturated heterocycles. The molecule has 1 aromatic heterocycles. The maximum atomic E-state index is 5.89. The first-order chi connectivity index (χ1) is 10.7. The van der Waals surface area contributed by atoms with Crippen molar-refractivity contribution in [3.05, 3.63) is 35.2 Å². The summed E-state index contributed by atoms with van der Waals surface area (Å²) in [5.41, 5.74) is 6.58. The Morgan fingerprint density at radius 1 is 1.30 bits per heavy atom. The monoisotopic (exact) mass is 356 g/mol. The summed E-state index contributed by atoms with van der Waals surface area (Å²) in [4.78, 5) is 6.87. The Hall–Kier alpha value is -1.14. The lowest BCUT2D eigenvalue weighted by Crippen LogP contribution is -2.35. The highest BCUT2D eigenvalue weighted by Crippen LogP contribution is 2.22. The molecule has 0 aliphatic carbocycles. The highest BCUT2D eigenvalue weighted by Gasteiger charge is 2.21. The number of rotatable bonds is 5. The summed E-state index contributed by atoms with van der Waals surface area (Å²) in [7, 11) is 0. The van der Waals surface area contributed by atoms with Crippen LogP contribution in [0.25, 0.3) is 11.4 Å². The van der Waals surface area contributed by atoms with Gasteiger partial charge in [0.05, 0.1) is 6.54 Å². The molecule has 126 valence electrons. The molecule has 0 radical (unpaired) electrons. The van der Waals surface area contributed by atoms with E-state index < -0.39 is 0 Å². The van der Waals surface area contributed by atoms with Crippen molar-refractivity contribution in [3.8, 4) is 11.4 Å². The minimum absolute atomic E-state index is 0. The van der Waals surface area contributed by atoms with E-state index in [1.807, 2.05) is 24.3 Å². The maximum absolute atomic E-state index is 5.89. The molecule has 5 nitrogen and oxygen atoms in total. The highest BCUT2D eigenvalue weighted by atomic mass is 35.5. The standard InChI is InChI=1S/C16H21ClN4O.ClH/c17-14-5-3-13(4-6-14)16-19-15(22-20-16)11-21-9-1-2-12(10-21)7-8-18;/h3-6,12H,1-2,7-11,18H2;1H. The van der Waals surface area contributed by atoms with Gasteiger partial charge in [-0.3, -0.25) is 4.90 Å². The van der Waals surface area contributed by atoms with Gasteiger partial charge in [-0.05, 0) is 62.5 Å². The van der Waals surface area contributed by atoms with Crippen LogP contribution < -0.4 is 5.73 Å². The molecule has 2 N–H and O–H groups in total. The normalized spacial score (nSPS) is 18.6. The fraction of sp³-hybridized carbons (Fsp3) is 0.500. The number of nitrogens with zero attached hydrogens (tertiary/aromatic N) is 3. The smallest absolute Gasteiger partial charge is 0.241 e. The lowest BCUT2D eigenvalue weighted by atomic mass is 9.95. The molecule has 1 aliphatic rings. The van der Waals surface area contributed by atoms with E-state index in [-0.39, 0.29) is 12.4 Å². The van der Waals surface area contributed by atoms with Crippen molar-refractivity contribution in [2.75, 3.05) is 19.6 Å². The summed E-state index contributed by atoms with van der Waals surface area (Å²) >= 11 is 5.89. The third-order valence-corrected chi connectivity index (χ3v) is 4.36. The zero-order chi connectivity index (χ0) is 15.4. The van der Waals surface area contributed by atoms with E-state index in [4.69, 9.17) is 21.9 Å². The summed E-state index contributed by atoms with van der Waals surface area (Å²) in [5.74, 6) is 1.97. The Balaban J connectivity index is 0.00000192. The molecule has 1 atom stereocenters. The molecule has 1 aliphatic heterocycles. The average molecular weight is 357 g/mol. The van der Waals surface area contributed by atoms with Crippen LogP contribution >= 0.6 is 24.0 Å². The predicted octanol–water partition coefficient (Wildman–Crippen LogP) is 3.37. The minimum Gasteiger partial charge on any atom is -0.338 e. The quantitative estimate of drug-likeness (QED) is 0.889. The van der Waals surface area contributed by atoms with Gasteiger partial charge in [-0.1, -0.05) is 16.8 Å². The summed E-state index contributed by atoms with van der Waals surface area (Å²) in [6, 6.07) is 7.45. The first-order valence-corrected chi connectivity index (χ1v) is 8.13. The molecule has 1 fully saturated rings. The first kappa shape index (κ1) is 18.2. The van der Waals surface area contributed by atoms with Gasteiger partial charge >= 0.3 is 0 Å². The van der Waals surface area contributed by atoms with E-state index in [9.17, 15) is 0 Å². The molecule has 0 spiro atoms. The lowest BCUT2D eigenvalue weighted by Gasteiger charge is -2.31. The van der Waals surface area contributed by atoms with Crippen LogP contribution in [0.4, 0.5) is 0 Å². The van der Waals surface area contributed by atoms with Crippen LogP contribution in [0.1, 0.15) is 25.2 Å². The second-order valence-electron chi connectivity index (χ2n) is 5.84. The number of aromatic nitrogens is 2. The number of halogens is 2. The summed E-state index contributed by atoms with van der Waals surface area (Å²) in [6.07, 6.45) is 3.58. The van der Waals surface area contributed by atoms with E-state index >= 15 is 0 Å². The van der Waals surface area contributed by atoms with E-state index in [0.717, 1.165) is 31.6 Å². The Morgan fingerprint density at radius 3 is 2.83 bits per heavy atom. The first-order valence-electron chi connectivity index (χ1n) is 7.75. The second-order valence-corrected chi connectivity index (χ2v) is 6.28. The predicted molar refractivity (Wildman–Crippen MR) is 93.7 cm³/mol. The number of hydrogen-bond donors (Lipinski definition) is 1. The maximum Gasteiger partial charge on any atom is 0.241 e. The molecule has 3 rings (SSSR count). The third kappa shape index (κ3) is 4.91. The molecular formula is C16H22Cl2N4O. The van der Waals surface area contributed by atoms with Crippen LogP contribution in [0.2, 0.25) is 5.02 Å². The van der Waals surface area contributed by atoms with Crippen molar-refractivity contribution in [3.63, 3.8) is 0 Å². The summed E-state index contributed by atoms with van der Waals surface area (Å²) < 4.78 is 5.39. The Kier molecular flexibility index (Phi) is 6.84. The fourth-order valence-corrected chi connectivity index (χ4v) is 3.12. The van der Waals surface area contributed by atoms with Gasteiger partial charge < -0.3 is 10.3 Å².